The van der Waals surface area contributed by atoms with Crippen molar-refractivity contribution in [3.05, 3.63) is 53.6 Å². The lowest BCUT2D eigenvalue weighted by molar-refractivity contribution is -0.115. The Kier molecular flexibility index (Phi) is 5.72. The lowest BCUT2D eigenvalue weighted by Gasteiger charge is -2.23. The van der Waals surface area contributed by atoms with Gasteiger partial charge in [-0.25, -0.2) is 0 Å². The van der Waals surface area contributed by atoms with Crippen LogP contribution in [0.25, 0.3) is 0 Å². The van der Waals surface area contributed by atoms with E-state index in [-0.39, 0.29) is 17.1 Å². The standard InChI is InChI=1S/C20H22N2O4S/c1-11(18(23)13-4-7-15(26-3)8-5-13)21-20(25)14-6-9-17-16(10-14)22-19(24)12(2)27-17/h4-12,18,23H,1-3H3,(H,21,25)(H,22,24)/t11-,12-,18-/m1/s1. The molecule has 1 aliphatic heterocycles. The van der Waals surface area contributed by atoms with Crippen molar-refractivity contribution in [2.45, 2.75) is 36.1 Å². The number of thioether (sulfide) groups is 1. The molecule has 3 N–H and O–H groups in total. The highest BCUT2D eigenvalue weighted by Crippen LogP contribution is 2.36. The molecule has 3 atom stereocenters. The van der Waals surface area contributed by atoms with E-state index >= 15 is 0 Å². The summed E-state index contributed by atoms with van der Waals surface area (Å²) in [4.78, 5) is 25.3. The third-order valence-corrected chi connectivity index (χ3v) is 5.64. The molecular weight excluding hydrogens is 364 g/mol. The molecule has 0 fully saturated rings. The summed E-state index contributed by atoms with van der Waals surface area (Å²) in [6.07, 6.45) is -0.853. The van der Waals surface area contributed by atoms with E-state index in [1.807, 2.05) is 13.0 Å². The smallest absolute Gasteiger partial charge is 0.251 e. The summed E-state index contributed by atoms with van der Waals surface area (Å²) in [6.45, 7) is 3.58. The molecule has 0 aliphatic carbocycles. The van der Waals surface area contributed by atoms with Crippen LogP contribution in [0.15, 0.2) is 47.4 Å². The number of ether oxygens (including phenoxy) is 1. The van der Waals surface area contributed by atoms with E-state index in [4.69, 9.17) is 4.74 Å². The summed E-state index contributed by atoms with van der Waals surface area (Å²) >= 11 is 1.47. The second-order valence-electron chi connectivity index (χ2n) is 6.44. The number of carbonyl (C=O) groups is 2. The van der Waals surface area contributed by atoms with E-state index in [2.05, 4.69) is 10.6 Å². The first-order chi connectivity index (χ1) is 12.9. The van der Waals surface area contributed by atoms with Gasteiger partial charge in [0.1, 0.15) is 5.75 Å². The molecule has 27 heavy (non-hydrogen) atoms. The molecule has 1 aliphatic rings. The average Bonchev–Trinajstić information content (AvgIpc) is 2.68. The molecular formula is C20H22N2O4S. The molecule has 1 heterocycles. The average molecular weight is 386 g/mol. The Labute approximate surface area is 162 Å². The first kappa shape index (κ1) is 19.3. The van der Waals surface area contributed by atoms with Gasteiger partial charge in [-0.3, -0.25) is 9.59 Å². The van der Waals surface area contributed by atoms with Crippen LogP contribution < -0.4 is 15.4 Å². The number of fused-ring (bicyclic) bond motifs is 1. The second-order valence-corrected chi connectivity index (χ2v) is 7.82. The predicted octanol–water partition coefficient (Wildman–Crippen LogP) is 2.98. The minimum atomic E-state index is -0.853. The highest BCUT2D eigenvalue weighted by atomic mass is 32.2. The lowest BCUT2D eigenvalue weighted by atomic mass is 10.0. The summed E-state index contributed by atoms with van der Waals surface area (Å²) < 4.78 is 5.11. The Morgan fingerprint density at radius 1 is 1.26 bits per heavy atom. The zero-order chi connectivity index (χ0) is 19.6. The van der Waals surface area contributed by atoms with Gasteiger partial charge in [-0.1, -0.05) is 12.1 Å². The van der Waals surface area contributed by atoms with E-state index in [1.165, 1.54) is 11.8 Å². The Bertz CT molecular complexity index is 854. The number of hydrogen-bond donors (Lipinski definition) is 3. The van der Waals surface area contributed by atoms with Gasteiger partial charge < -0.3 is 20.5 Å². The molecule has 0 aromatic heterocycles. The van der Waals surface area contributed by atoms with E-state index < -0.39 is 12.1 Å². The van der Waals surface area contributed by atoms with Crippen LogP contribution >= 0.6 is 11.8 Å². The fourth-order valence-electron chi connectivity index (χ4n) is 2.81. The number of nitrogens with one attached hydrogen (secondary N) is 2. The van der Waals surface area contributed by atoms with Crippen LogP contribution in [0.5, 0.6) is 5.75 Å². The number of anilines is 1. The van der Waals surface area contributed by atoms with Crippen LogP contribution in [0.3, 0.4) is 0 Å². The number of aliphatic hydroxyl groups is 1. The highest BCUT2D eigenvalue weighted by Gasteiger charge is 2.25. The van der Waals surface area contributed by atoms with Gasteiger partial charge >= 0.3 is 0 Å². The first-order valence-electron chi connectivity index (χ1n) is 8.63. The van der Waals surface area contributed by atoms with Gasteiger partial charge in [-0.2, -0.15) is 0 Å². The second kappa shape index (κ2) is 8.02. The first-order valence-corrected chi connectivity index (χ1v) is 9.51. The molecule has 0 spiro atoms. The van der Waals surface area contributed by atoms with Crippen molar-refractivity contribution in [2.75, 3.05) is 12.4 Å². The largest absolute Gasteiger partial charge is 0.497 e. The van der Waals surface area contributed by atoms with E-state index in [0.717, 1.165) is 4.90 Å². The summed E-state index contributed by atoms with van der Waals surface area (Å²) in [7, 11) is 1.58. The third kappa shape index (κ3) is 4.26. The Hall–Kier alpha value is -2.51. The number of carbonyl (C=O) groups excluding carboxylic acids is 2. The summed E-state index contributed by atoms with van der Waals surface area (Å²) in [5.41, 5.74) is 1.75. The molecule has 0 unspecified atom stereocenters. The maximum absolute atomic E-state index is 12.6. The van der Waals surface area contributed by atoms with Gasteiger partial charge in [0, 0.05) is 10.5 Å². The van der Waals surface area contributed by atoms with Gasteiger partial charge in [0.15, 0.2) is 0 Å². The Morgan fingerprint density at radius 2 is 1.96 bits per heavy atom. The fraction of sp³-hybridized carbons (Fsp3) is 0.300. The van der Waals surface area contributed by atoms with Crippen molar-refractivity contribution in [2.24, 2.45) is 0 Å². The maximum Gasteiger partial charge on any atom is 0.251 e. The van der Waals surface area contributed by atoms with Crippen LogP contribution in [0.2, 0.25) is 0 Å². The fourth-order valence-corrected chi connectivity index (χ4v) is 3.74. The Balaban J connectivity index is 1.69. The molecule has 2 aromatic rings. The Morgan fingerprint density at radius 3 is 2.63 bits per heavy atom. The molecule has 0 bridgehead atoms. The van der Waals surface area contributed by atoms with Gasteiger partial charge in [-0.05, 0) is 49.7 Å². The highest BCUT2D eigenvalue weighted by molar-refractivity contribution is 8.00. The minimum absolute atomic E-state index is 0.0756. The van der Waals surface area contributed by atoms with Crippen molar-refractivity contribution in [3.8, 4) is 5.75 Å². The van der Waals surface area contributed by atoms with Crippen molar-refractivity contribution >= 4 is 29.3 Å². The normalized spacial score (nSPS) is 18.1. The zero-order valence-electron chi connectivity index (χ0n) is 15.4. The number of hydrogen-bond acceptors (Lipinski definition) is 5. The zero-order valence-corrected chi connectivity index (χ0v) is 16.2. The van der Waals surface area contributed by atoms with Crippen molar-refractivity contribution in [1.29, 1.82) is 0 Å². The molecule has 2 aromatic carbocycles. The maximum atomic E-state index is 12.6. The van der Waals surface area contributed by atoms with E-state index in [1.54, 1.807) is 50.4 Å². The van der Waals surface area contributed by atoms with E-state index in [0.29, 0.717) is 22.6 Å². The summed E-state index contributed by atoms with van der Waals surface area (Å²) in [5, 5.41) is 16.0. The lowest BCUT2D eigenvalue weighted by Crippen LogP contribution is -2.37. The van der Waals surface area contributed by atoms with Gasteiger partial charge in [0.2, 0.25) is 5.91 Å². The van der Waals surface area contributed by atoms with Crippen LogP contribution in [-0.4, -0.2) is 35.3 Å². The topological polar surface area (TPSA) is 87.7 Å². The van der Waals surface area contributed by atoms with Crippen molar-refractivity contribution < 1.29 is 19.4 Å². The third-order valence-electron chi connectivity index (χ3n) is 4.46. The van der Waals surface area contributed by atoms with Crippen molar-refractivity contribution in [3.63, 3.8) is 0 Å². The number of benzene rings is 2. The monoisotopic (exact) mass is 386 g/mol. The van der Waals surface area contributed by atoms with Gasteiger partial charge in [-0.15, -0.1) is 11.8 Å². The molecule has 142 valence electrons. The molecule has 7 heteroatoms. The number of amides is 2. The quantitative estimate of drug-likeness (QED) is 0.735. The van der Waals surface area contributed by atoms with Crippen LogP contribution in [0.4, 0.5) is 5.69 Å². The minimum Gasteiger partial charge on any atom is -0.497 e. The summed E-state index contributed by atoms with van der Waals surface area (Å²) in [6, 6.07) is 11.8. The van der Waals surface area contributed by atoms with Crippen molar-refractivity contribution in [1.82, 2.24) is 5.32 Å². The SMILES string of the molecule is COc1ccc([C@H](O)[C@@H](C)NC(=O)c2ccc3c(c2)NC(=O)[C@@H](C)S3)cc1. The summed E-state index contributed by atoms with van der Waals surface area (Å²) in [5.74, 6) is 0.315. The number of rotatable bonds is 5. The number of aliphatic hydroxyl groups excluding tert-OH is 1. The molecule has 0 saturated heterocycles. The molecule has 6 nitrogen and oxygen atoms in total. The predicted molar refractivity (Wildman–Crippen MR) is 105 cm³/mol. The molecule has 2 amide bonds. The van der Waals surface area contributed by atoms with Crippen LogP contribution in [0.1, 0.15) is 35.9 Å². The van der Waals surface area contributed by atoms with Gasteiger partial charge in [0.25, 0.3) is 5.91 Å². The van der Waals surface area contributed by atoms with Crippen LogP contribution in [-0.2, 0) is 4.79 Å². The number of methoxy groups -OCH3 is 1. The molecule has 0 radical (unpaired) electrons. The molecule has 0 saturated carbocycles. The van der Waals surface area contributed by atoms with Gasteiger partial charge in [0.05, 0.1) is 30.2 Å². The van der Waals surface area contributed by atoms with E-state index in [9.17, 15) is 14.7 Å². The molecule has 3 rings (SSSR count). The van der Waals surface area contributed by atoms with Crippen LogP contribution in [0, 0.1) is 0 Å².